The minimum Gasteiger partial charge on any atom is -0.365 e. The van der Waals surface area contributed by atoms with Crippen LogP contribution in [-0.4, -0.2) is 4.98 Å². The van der Waals surface area contributed by atoms with Gasteiger partial charge in [-0.3, -0.25) is 4.98 Å². The lowest BCUT2D eigenvalue weighted by Crippen LogP contribution is -2.08. The van der Waals surface area contributed by atoms with E-state index in [1.54, 1.807) is 24.5 Å². The van der Waals surface area contributed by atoms with Gasteiger partial charge in [0.15, 0.2) is 0 Å². The van der Waals surface area contributed by atoms with Crippen LogP contribution in [0.15, 0.2) is 47.2 Å². The molecule has 3 nitrogen and oxygen atoms in total. The Morgan fingerprint density at radius 3 is 2.83 bits per heavy atom. The zero-order valence-electron chi connectivity index (χ0n) is 9.27. The molecule has 1 N–H and O–H groups in total. The molecule has 0 aliphatic rings. The molecule has 1 heterocycles. The standard InChI is InChI=1S/C13H9BrClN3/c14-10-5-12(8-17-7-10)18-13(6-16)9-2-1-3-11(15)4-9/h1-5,7-8,13,18H/t13-/m0/s1. The molecule has 0 amide bonds. The van der Waals surface area contributed by atoms with E-state index in [4.69, 9.17) is 11.6 Å². The summed E-state index contributed by atoms with van der Waals surface area (Å²) in [7, 11) is 0. The molecule has 0 spiro atoms. The first kappa shape index (κ1) is 12.9. The zero-order chi connectivity index (χ0) is 13.0. The molecule has 1 atom stereocenters. The molecule has 2 aromatic rings. The monoisotopic (exact) mass is 321 g/mol. The van der Waals surface area contributed by atoms with Gasteiger partial charge >= 0.3 is 0 Å². The Labute approximate surface area is 119 Å². The highest BCUT2D eigenvalue weighted by molar-refractivity contribution is 9.10. The molecule has 0 saturated heterocycles. The normalized spacial score (nSPS) is 11.6. The summed E-state index contributed by atoms with van der Waals surface area (Å²) in [5, 5.41) is 12.9. The fourth-order valence-corrected chi connectivity index (χ4v) is 2.10. The minimum atomic E-state index is -0.459. The molecule has 18 heavy (non-hydrogen) atoms. The number of benzene rings is 1. The van der Waals surface area contributed by atoms with E-state index in [0.29, 0.717) is 5.02 Å². The average Bonchev–Trinajstić information content (AvgIpc) is 2.36. The fourth-order valence-electron chi connectivity index (χ4n) is 1.53. The van der Waals surface area contributed by atoms with E-state index in [1.807, 2.05) is 18.2 Å². The van der Waals surface area contributed by atoms with Crippen LogP contribution in [0.1, 0.15) is 11.6 Å². The number of nitriles is 1. The number of anilines is 1. The molecule has 2 rings (SSSR count). The van der Waals surface area contributed by atoms with Crippen molar-refractivity contribution in [3.8, 4) is 6.07 Å². The molecule has 5 heteroatoms. The van der Waals surface area contributed by atoms with Gasteiger partial charge in [-0.1, -0.05) is 23.7 Å². The van der Waals surface area contributed by atoms with Crippen LogP contribution < -0.4 is 5.32 Å². The van der Waals surface area contributed by atoms with Crippen molar-refractivity contribution in [3.63, 3.8) is 0 Å². The maximum absolute atomic E-state index is 9.21. The van der Waals surface area contributed by atoms with Crippen molar-refractivity contribution in [3.05, 3.63) is 57.8 Å². The third-order valence-electron chi connectivity index (χ3n) is 2.33. The largest absolute Gasteiger partial charge is 0.365 e. The molecule has 0 bridgehead atoms. The predicted molar refractivity (Wildman–Crippen MR) is 75.4 cm³/mol. The van der Waals surface area contributed by atoms with E-state index in [9.17, 15) is 5.26 Å². The molecule has 90 valence electrons. The topological polar surface area (TPSA) is 48.7 Å². The second-order valence-corrected chi connectivity index (χ2v) is 5.01. The molecular weight excluding hydrogens is 314 g/mol. The van der Waals surface area contributed by atoms with Crippen LogP contribution in [0.3, 0.4) is 0 Å². The van der Waals surface area contributed by atoms with E-state index >= 15 is 0 Å². The Morgan fingerprint density at radius 1 is 1.33 bits per heavy atom. The maximum atomic E-state index is 9.21. The number of rotatable bonds is 3. The van der Waals surface area contributed by atoms with Crippen molar-refractivity contribution >= 4 is 33.2 Å². The van der Waals surface area contributed by atoms with Gasteiger partial charge in [0.05, 0.1) is 18.0 Å². The van der Waals surface area contributed by atoms with E-state index in [1.165, 1.54) is 0 Å². The van der Waals surface area contributed by atoms with Gasteiger partial charge in [-0.25, -0.2) is 0 Å². The Hall–Kier alpha value is -1.57. The van der Waals surface area contributed by atoms with Gasteiger partial charge in [0.25, 0.3) is 0 Å². The maximum Gasteiger partial charge on any atom is 0.140 e. The highest BCUT2D eigenvalue weighted by atomic mass is 79.9. The quantitative estimate of drug-likeness (QED) is 0.922. The zero-order valence-corrected chi connectivity index (χ0v) is 11.6. The van der Waals surface area contributed by atoms with Crippen molar-refractivity contribution in [1.29, 1.82) is 5.26 Å². The van der Waals surface area contributed by atoms with Gasteiger partial charge in [0.2, 0.25) is 0 Å². The summed E-state index contributed by atoms with van der Waals surface area (Å²) in [5.74, 6) is 0. The number of hydrogen-bond donors (Lipinski definition) is 1. The van der Waals surface area contributed by atoms with Crippen molar-refractivity contribution in [2.45, 2.75) is 6.04 Å². The molecule has 0 aliphatic carbocycles. The highest BCUT2D eigenvalue weighted by Crippen LogP contribution is 2.22. The summed E-state index contributed by atoms with van der Waals surface area (Å²) in [6.07, 6.45) is 3.35. The van der Waals surface area contributed by atoms with Crippen LogP contribution in [0.2, 0.25) is 5.02 Å². The van der Waals surface area contributed by atoms with Crippen molar-refractivity contribution in [2.75, 3.05) is 5.32 Å². The number of nitrogens with one attached hydrogen (secondary N) is 1. The molecule has 0 fully saturated rings. The van der Waals surface area contributed by atoms with Gasteiger partial charge in [-0.15, -0.1) is 0 Å². The van der Waals surface area contributed by atoms with Gasteiger partial charge in [0.1, 0.15) is 6.04 Å². The third-order valence-corrected chi connectivity index (χ3v) is 3.00. The van der Waals surface area contributed by atoms with E-state index in [2.05, 4.69) is 32.3 Å². The highest BCUT2D eigenvalue weighted by Gasteiger charge is 2.10. The van der Waals surface area contributed by atoms with Gasteiger partial charge < -0.3 is 5.32 Å². The van der Waals surface area contributed by atoms with Crippen molar-refractivity contribution in [1.82, 2.24) is 4.98 Å². The molecule has 1 aromatic heterocycles. The summed E-state index contributed by atoms with van der Waals surface area (Å²) in [6, 6.07) is 10.8. The number of halogens is 2. The summed E-state index contributed by atoms with van der Waals surface area (Å²) in [5.41, 5.74) is 1.60. The van der Waals surface area contributed by atoms with Crippen LogP contribution in [0, 0.1) is 11.3 Å². The van der Waals surface area contributed by atoms with Crippen LogP contribution in [0.25, 0.3) is 0 Å². The van der Waals surface area contributed by atoms with Gasteiger partial charge in [0, 0.05) is 15.7 Å². The van der Waals surface area contributed by atoms with Crippen LogP contribution in [-0.2, 0) is 0 Å². The van der Waals surface area contributed by atoms with E-state index in [-0.39, 0.29) is 0 Å². The first-order valence-corrected chi connectivity index (χ1v) is 6.38. The number of hydrogen-bond acceptors (Lipinski definition) is 3. The molecule has 0 radical (unpaired) electrons. The first-order chi connectivity index (χ1) is 8.69. The predicted octanol–water partition coefficient (Wildman–Crippen LogP) is 4.17. The van der Waals surface area contributed by atoms with Crippen molar-refractivity contribution in [2.24, 2.45) is 0 Å². The summed E-state index contributed by atoms with van der Waals surface area (Å²) in [6.45, 7) is 0. The Bertz CT molecular complexity index is 595. The second kappa shape index (κ2) is 5.85. The van der Waals surface area contributed by atoms with Crippen LogP contribution >= 0.6 is 27.5 Å². The number of nitrogens with zero attached hydrogens (tertiary/aromatic N) is 2. The Kier molecular flexibility index (Phi) is 4.19. The molecule has 0 unspecified atom stereocenters. The number of aromatic nitrogens is 1. The number of pyridine rings is 1. The summed E-state index contributed by atoms with van der Waals surface area (Å²) < 4.78 is 0.857. The third kappa shape index (κ3) is 3.22. The smallest absolute Gasteiger partial charge is 0.140 e. The molecule has 1 aromatic carbocycles. The summed E-state index contributed by atoms with van der Waals surface area (Å²) >= 11 is 9.25. The molecule has 0 aliphatic heterocycles. The fraction of sp³-hybridized carbons (Fsp3) is 0.0769. The molecular formula is C13H9BrClN3. The van der Waals surface area contributed by atoms with Gasteiger partial charge in [-0.05, 0) is 39.7 Å². The summed E-state index contributed by atoms with van der Waals surface area (Å²) in [4.78, 5) is 4.04. The van der Waals surface area contributed by atoms with Gasteiger partial charge in [-0.2, -0.15) is 5.26 Å². The second-order valence-electron chi connectivity index (χ2n) is 3.65. The Balaban J connectivity index is 2.23. The van der Waals surface area contributed by atoms with Crippen LogP contribution in [0.5, 0.6) is 0 Å². The van der Waals surface area contributed by atoms with Crippen LogP contribution in [0.4, 0.5) is 5.69 Å². The van der Waals surface area contributed by atoms with E-state index < -0.39 is 6.04 Å². The first-order valence-electron chi connectivity index (χ1n) is 5.21. The van der Waals surface area contributed by atoms with Crippen molar-refractivity contribution < 1.29 is 0 Å². The minimum absolute atomic E-state index is 0.459. The SMILES string of the molecule is N#C[C@H](Nc1cncc(Br)c1)c1cccc(Cl)c1. The molecule has 0 saturated carbocycles. The lowest BCUT2D eigenvalue weighted by Gasteiger charge is -2.13. The van der Waals surface area contributed by atoms with E-state index in [0.717, 1.165) is 15.7 Å². The Morgan fingerprint density at radius 2 is 2.17 bits per heavy atom. The lowest BCUT2D eigenvalue weighted by atomic mass is 10.1. The average molecular weight is 323 g/mol. The lowest BCUT2D eigenvalue weighted by molar-refractivity contribution is 0.993.